The van der Waals surface area contributed by atoms with Crippen molar-refractivity contribution in [2.45, 2.75) is 6.42 Å². The molecule has 2 aromatic heterocycles. The summed E-state index contributed by atoms with van der Waals surface area (Å²) >= 11 is 0. The second kappa shape index (κ2) is 4.70. The second-order valence-corrected chi connectivity index (χ2v) is 4.52. The molecule has 1 aromatic carbocycles. The number of carbonyl (C=O) groups is 1. The van der Waals surface area contributed by atoms with Gasteiger partial charge < -0.3 is 14.6 Å². The Kier molecular flexibility index (Phi) is 2.87. The smallest absolute Gasteiger partial charge is 0.335 e. The Morgan fingerprint density at radius 3 is 2.80 bits per heavy atom. The Morgan fingerprint density at radius 1 is 1.25 bits per heavy atom. The number of hydrogen-bond acceptors (Lipinski definition) is 3. The molecule has 0 saturated heterocycles. The van der Waals surface area contributed by atoms with Gasteiger partial charge in [0.25, 0.3) is 0 Å². The molecule has 5 nitrogen and oxygen atoms in total. The second-order valence-electron chi connectivity index (χ2n) is 4.52. The number of rotatable bonds is 3. The van der Waals surface area contributed by atoms with Crippen LogP contribution in [0.2, 0.25) is 0 Å². The lowest BCUT2D eigenvalue weighted by atomic mass is 10.1. The van der Waals surface area contributed by atoms with Crippen molar-refractivity contribution in [1.82, 2.24) is 9.38 Å². The number of pyridine rings is 1. The van der Waals surface area contributed by atoms with Crippen LogP contribution in [-0.4, -0.2) is 25.6 Å². The number of nitrogens with zero attached hydrogens (tertiary/aromatic N) is 2. The molecule has 0 unspecified atom stereocenters. The van der Waals surface area contributed by atoms with Crippen molar-refractivity contribution in [3.8, 4) is 5.75 Å². The maximum atomic E-state index is 10.9. The molecule has 0 fully saturated rings. The fourth-order valence-electron chi connectivity index (χ4n) is 2.11. The maximum absolute atomic E-state index is 10.9. The van der Waals surface area contributed by atoms with Gasteiger partial charge in [-0.3, -0.25) is 0 Å². The molecule has 3 aromatic rings. The summed E-state index contributed by atoms with van der Waals surface area (Å²) in [6.07, 6.45) is 3.99. The topological polar surface area (TPSA) is 74.8 Å². The highest BCUT2D eigenvalue weighted by Gasteiger charge is 2.08. The lowest BCUT2D eigenvalue weighted by Gasteiger charge is -2.00. The van der Waals surface area contributed by atoms with Crippen molar-refractivity contribution in [2.75, 3.05) is 0 Å². The Balaban J connectivity index is 1.97. The van der Waals surface area contributed by atoms with Crippen molar-refractivity contribution in [2.24, 2.45) is 0 Å². The molecule has 5 heteroatoms. The molecule has 0 amide bonds. The number of imidazole rings is 1. The van der Waals surface area contributed by atoms with Crippen LogP contribution in [0.4, 0.5) is 0 Å². The maximum Gasteiger partial charge on any atom is 0.335 e. The van der Waals surface area contributed by atoms with E-state index in [9.17, 15) is 9.90 Å². The summed E-state index contributed by atoms with van der Waals surface area (Å²) in [5.74, 6) is -0.742. The zero-order valence-corrected chi connectivity index (χ0v) is 10.5. The van der Waals surface area contributed by atoms with E-state index in [1.165, 1.54) is 12.1 Å². The van der Waals surface area contributed by atoms with E-state index in [0.29, 0.717) is 12.1 Å². The fourth-order valence-corrected chi connectivity index (χ4v) is 2.11. The first-order chi connectivity index (χ1) is 9.63. The minimum atomic E-state index is -0.974. The fraction of sp³-hybridized carbons (Fsp3) is 0.0667. The molecular weight excluding hydrogens is 256 g/mol. The van der Waals surface area contributed by atoms with Crippen LogP contribution in [-0.2, 0) is 6.42 Å². The number of phenolic OH excluding ortho intramolecular Hbond substituents is 1. The van der Waals surface area contributed by atoms with Crippen LogP contribution in [0.3, 0.4) is 0 Å². The van der Waals surface area contributed by atoms with E-state index in [-0.39, 0.29) is 11.3 Å². The van der Waals surface area contributed by atoms with Crippen molar-refractivity contribution < 1.29 is 15.0 Å². The highest BCUT2D eigenvalue weighted by molar-refractivity contribution is 5.88. The largest absolute Gasteiger partial charge is 0.508 e. The standard InChI is InChI=1S/C15H12N2O3/c18-13-4-2-1-3-10(13)7-12-9-17-6-5-11(15(19)20)8-14(17)16-12/h1-6,8-9,18H,7H2,(H,19,20). The molecular formula is C15H12N2O3. The SMILES string of the molecule is O=C(O)c1ccn2cc(Cc3ccccc3O)nc2c1. The number of phenols is 1. The zero-order chi connectivity index (χ0) is 14.1. The predicted octanol–water partition coefficient (Wildman–Crippen LogP) is 2.33. The van der Waals surface area contributed by atoms with Crippen LogP contribution < -0.4 is 0 Å². The van der Waals surface area contributed by atoms with Crippen LogP contribution in [0.5, 0.6) is 5.75 Å². The Hall–Kier alpha value is -2.82. The van der Waals surface area contributed by atoms with Gasteiger partial charge in [0.05, 0.1) is 11.3 Å². The van der Waals surface area contributed by atoms with Gasteiger partial charge in [-0.15, -0.1) is 0 Å². The first-order valence-electron chi connectivity index (χ1n) is 6.11. The van der Waals surface area contributed by atoms with E-state index in [4.69, 9.17) is 5.11 Å². The quantitative estimate of drug-likeness (QED) is 0.764. The van der Waals surface area contributed by atoms with Gasteiger partial charge in [0.2, 0.25) is 0 Å². The van der Waals surface area contributed by atoms with E-state index in [1.54, 1.807) is 22.7 Å². The summed E-state index contributed by atoms with van der Waals surface area (Å²) in [4.78, 5) is 15.3. The molecule has 20 heavy (non-hydrogen) atoms. The average molecular weight is 268 g/mol. The van der Waals surface area contributed by atoms with Gasteiger partial charge in [-0.05, 0) is 23.8 Å². The summed E-state index contributed by atoms with van der Waals surface area (Å²) in [6.45, 7) is 0. The Morgan fingerprint density at radius 2 is 2.05 bits per heavy atom. The van der Waals surface area contributed by atoms with E-state index in [1.807, 2.05) is 18.3 Å². The van der Waals surface area contributed by atoms with E-state index < -0.39 is 5.97 Å². The number of aromatic carboxylic acids is 1. The third-order valence-corrected chi connectivity index (χ3v) is 3.12. The summed E-state index contributed by atoms with van der Waals surface area (Å²) in [5.41, 5.74) is 2.34. The Labute approximate surface area is 114 Å². The van der Waals surface area contributed by atoms with Gasteiger partial charge in [-0.25, -0.2) is 9.78 Å². The molecule has 0 aliphatic carbocycles. The van der Waals surface area contributed by atoms with E-state index >= 15 is 0 Å². The van der Waals surface area contributed by atoms with Gasteiger partial charge in [0.1, 0.15) is 11.4 Å². The van der Waals surface area contributed by atoms with Gasteiger partial charge in [0.15, 0.2) is 0 Å². The zero-order valence-electron chi connectivity index (χ0n) is 10.5. The third kappa shape index (κ3) is 2.21. The van der Waals surface area contributed by atoms with Gasteiger partial charge in [0, 0.05) is 18.8 Å². The summed E-state index contributed by atoms with van der Waals surface area (Å²) in [7, 11) is 0. The normalized spacial score (nSPS) is 10.8. The first kappa shape index (κ1) is 12.2. The summed E-state index contributed by atoms with van der Waals surface area (Å²) in [5, 5.41) is 18.7. The highest BCUT2D eigenvalue weighted by Crippen LogP contribution is 2.19. The molecule has 0 aliphatic heterocycles. The number of carboxylic acids is 1. The molecule has 0 bridgehead atoms. The number of para-hydroxylation sites is 1. The van der Waals surface area contributed by atoms with Crippen LogP contribution in [0.15, 0.2) is 48.8 Å². The summed E-state index contributed by atoms with van der Waals surface area (Å²) < 4.78 is 1.77. The minimum absolute atomic E-state index is 0.206. The molecule has 2 heterocycles. The molecule has 0 radical (unpaired) electrons. The van der Waals surface area contributed by atoms with Crippen LogP contribution in [0.1, 0.15) is 21.6 Å². The predicted molar refractivity (Wildman–Crippen MR) is 73.1 cm³/mol. The lowest BCUT2D eigenvalue weighted by Crippen LogP contribution is -1.96. The first-order valence-corrected chi connectivity index (χ1v) is 6.11. The highest BCUT2D eigenvalue weighted by atomic mass is 16.4. The van der Waals surface area contributed by atoms with Crippen molar-refractivity contribution in [3.05, 3.63) is 65.6 Å². The van der Waals surface area contributed by atoms with E-state index in [0.717, 1.165) is 11.3 Å². The van der Waals surface area contributed by atoms with Gasteiger partial charge in [-0.2, -0.15) is 0 Å². The van der Waals surface area contributed by atoms with Crippen molar-refractivity contribution in [1.29, 1.82) is 0 Å². The van der Waals surface area contributed by atoms with Crippen LogP contribution >= 0.6 is 0 Å². The monoisotopic (exact) mass is 268 g/mol. The van der Waals surface area contributed by atoms with Gasteiger partial charge >= 0.3 is 5.97 Å². The molecule has 0 saturated carbocycles. The lowest BCUT2D eigenvalue weighted by molar-refractivity contribution is 0.0697. The Bertz CT molecular complexity index is 793. The molecule has 3 rings (SSSR count). The molecule has 0 aliphatic rings. The average Bonchev–Trinajstić information content (AvgIpc) is 2.82. The van der Waals surface area contributed by atoms with Crippen molar-refractivity contribution in [3.63, 3.8) is 0 Å². The van der Waals surface area contributed by atoms with E-state index in [2.05, 4.69) is 4.98 Å². The number of aromatic hydroxyl groups is 1. The van der Waals surface area contributed by atoms with Gasteiger partial charge in [-0.1, -0.05) is 18.2 Å². The number of fused-ring (bicyclic) bond motifs is 1. The number of aromatic nitrogens is 2. The van der Waals surface area contributed by atoms with Crippen LogP contribution in [0, 0.1) is 0 Å². The third-order valence-electron chi connectivity index (χ3n) is 3.12. The molecule has 2 N–H and O–H groups in total. The number of carboxylic acid groups (broad SMARTS) is 1. The van der Waals surface area contributed by atoms with Crippen LogP contribution in [0.25, 0.3) is 5.65 Å². The molecule has 0 atom stereocenters. The molecule has 100 valence electrons. The summed E-state index contributed by atoms with van der Waals surface area (Å²) in [6, 6.07) is 10.1. The molecule has 0 spiro atoms. The minimum Gasteiger partial charge on any atom is -0.508 e. The number of benzene rings is 1. The number of hydrogen-bond donors (Lipinski definition) is 2. The van der Waals surface area contributed by atoms with Crippen molar-refractivity contribution >= 4 is 11.6 Å².